The summed E-state index contributed by atoms with van der Waals surface area (Å²) in [6.07, 6.45) is 4.83. The summed E-state index contributed by atoms with van der Waals surface area (Å²) in [4.78, 5) is 33.7. The van der Waals surface area contributed by atoms with Gasteiger partial charge in [0.2, 0.25) is 0 Å². The molecular weight excluding hydrogens is 338 g/mol. The minimum atomic E-state index is -0.500. The van der Waals surface area contributed by atoms with Crippen LogP contribution in [0.2, 0.25) is 0 Å². The second-order valence-electron chi connectivity index (χ2n) is 5.30. The fraction of sp³-hybridized carbons (Fsp3) is 0.222. The van der Waals surface area contributed by atoms with Crippen LogP contribution in [0.3, 0.4) is 0 Å². The van der Waals surface area contributed by atoms with Gasteiger partial charge >= 0.3 is 5.97 Å². The molecule has 0 fully saturated rings. The van der Waals surface area contributed by atoms with Gasteiger partial charge in [0.1, 0.15) is 5.56 Å². The molecule has 0 aliphatic heterocycles. The van der Waals surface area contributed by atoms with Crippen molar-refractivity contribution in [3.05, 3.63) is 64.2 Å². The van der Waals surface area contributed by atoms with Crippen LogP contribution in [0, 0.1) is 0 Å². The van der Waals surface area contributed by atoms with Crippen LogP contribution in [0.4, 0.5) is 0 Å². The minimum absolute atomic E-state index is 0.237. The van der Waals surface area contributed by atoms with Gasteiger partial charge in [0.15, 0.2) is 5.16 Å². The van der Waals surface area contributed by atoms with E-state index in [1.807, 2.05) is 36.6 Å². The highest BCUT2D eigenvalue weighted by atomic mass is 32.2. The van der Waals surface area contributed by atoms with Gasteiger partial charge in [-0.1, -0.05) is 42.1 Å². The highest BCUT2D eigenvalue weighted by molar-refractivity contribution is 7.98. The molecule has 0 spiro atoms. The normalized spacial score (nSPS) is 10.8. The molecule has 2 aromatic heterocycles. The van der Waals surface area contributed by atoms with Crippen LogP contribution in [0.15, 0.2) is 52.7 Å². The number of carbonyl (C=O) groups excluding carboxylic acids is 1. The zero-order valence-electron chi connectivity index (χ0n) is 13.9. The number of aromatic nitrogens is 3. The molecule has 3 aromatic rings. The van der Waals surface area contributed by atoms with Crippen molar-refractivity contribution in [2.45, 2.75) is 18.6 Å². The van der Waals surface area contributed by atoms with Crippen molar-refractivity contribution in [1.29, 1.82) is 0 Å². The lowest BCUT2D eigenvalue weighted by atomic mass is 10.1. The molecular formula is C18H17N3O3S. The number of fused-ring (bicyclic) bond motifs is 1. The second kappa shape index (κ2) is 7.48. The topological polar surface area (TPSA) is 74.1 Å². The summed E-state index contributed by atoms with van der Waals surface area (Å²) in [5, 5.41) is 0.803. The molecule has 0 unspecified atom stereocenters. The van der Waals surface area contributed by atoms with Gasteiger partial charge in [-0.05, 0) is 18.7 Å². The third kappa shape index (κ3) is 3.56. The molecule has 0 radical (unpaired) electrons. The average molecular weight is 355 g/mol. The van der Waals surface area contributed by atoms with Crippen LogP contribution in [0.25, 0.3) is 10.9 Å². The van der Waals surface area contributed by atoms with E-state index < -0.39 is 5.97 Å². The second-order valence-corrected chi connectivity index (χ2v) is 6.07. The molecule has 0 N–H and O–H groups in total. The Morgan fingerprint density at radius 2 is 2.04 bits per heavy atom. The summed E-state index contributed by atoms with van der Waals surface area (Å²) >= 11 is 1.35. The van der Waals surface area contributed by atoms with E-state index in [0.29, 0.717) is 22.6 Å². The van der Waals surface area contributed by atoms with E-state index in [0.717, 1.165) is 5.56 Å². The molecule has 2 heterocycles. The summed E-state index contributed by atoms with van der Waals surface area (Å²) < 4.78 is 6.63. The lowest BCUT2D eigenvalue weighted by Crippen LogP contribution is -2.24. The van der Waals surface area contributed by atoms with Gasteiger partial charge in [-0.15, -0.1) is 0 Å². The van der Waals surface area contributed by atoms with E-state index in [2.05, 4.69) is 9.97 Å². The number of rotatable bonds is 5. The number of hydrogen-bond acceptors (Lipinski definition) is 6. The fourth-order valence-corrected chi connectivity index (χ4v) is 2.85. The van der Waals surface area contributed by atoms with E-state index in [1.54, 1.807) is 6.92 Å². The Labute approximate surface area is 148 Å². The molecule has 1 aromatic carbocycles. The number of nitrogens with zero attached hydrogens (tertiary/aromatic N) is 3. The molecule has 6 nitrogen and oxygen atoms in total. The molecule has 3 rings (SSSR count). The lowest BCUT2D eigenvalue weighted by molar-refractivity contribution is 0.0527. The van der Waals surface area contributed by atoms with E-state index in [9.17, 15) is 9.59 Å². The van der Waals surface area contributed by atoms with Crippen molar-refractivity contribution in [2.75, 3.05) is 12.9 Å². The van der Waals surface area contributed by atoms with Crippen molar-refractivity contribution in [3.63, 3.8) is 0 Å². The first kappa shape index (κ1) is 17.2. The van der Waals surface area contributed by atoms with Crippen molar-refractivity contribution in [1.82, 2.24) is 14.5 Å². The highest BCUT2D eigenvalue weighted by Gasteiger charge is 2.18. The van der Waals surface area contributed by atoms with E-state index >= 15 is 0 Å². The van der Waals surface area contributed by atoms with Crippen molar-refractivity contribution in [3.8, 4) is 0 Å². The van der Waals surface area contributed by atoms with Gasteiger partial charge in [-0.3, -0.25) is 4.79 Å². The number of thioether (sulfide) groups is 1. The van der Waals surface area contributed by atoms with Crippen molar-refractivity contribution < 1.29 is 9.53 Å². The maximum absolute atomic E-state index is 12.8. The zero-order chi connectivity index (χ0) is 17.8. The number of carbonyl (C=O) groups is 1. The predicted molar refractivity (Wildman–Crippen MR) is 97.1 cm³/mol. The number of pyridine rings is 1. The Morgan fingerprint density at radius 1 is 1.28 bits per heavy atom. The first-order chi connectivity index (χ1) is 12.1. The molecule has 128 valence electrons. The molecule has 0 saturated heterocycles. The van der Waals surface area contributed by atoms with Crippen LogP contribution < -0.4 is 5.56 Å². The molecule has 7 heteroatoms. The molecule has 0 amide bonds. The van der Waals surface area contributed by atoms with Gasteiger partial charge < -0.3 is 9.30 Å². The molecule has 0 bridgehead atoms. The molecule has 0 atom stereocenters. The zero-order valence-corrected chi connectivity index (χ0v) is 14.7. The van der Waals surface area contributed by atoms with E-state index in [1.165, 1.54) is 28.7 Å². The molecule has 0 saturated carbocycles. The van der Waals surface area contributed by atoms with E-state index in [4.69, 9.17) is 4.74 Å². The Kier molecular flexibility index (Phi) is 5.14. The standard InChI is InChI=1S/C18H17N3O3S/c1-3-24-17(23)14-11-21(10-12-7-5-4-6-8-12)16(22)13-9-19-18(25-2)20-15(13)14/h4-9,11H,3,10H2,1-2H3. The fourth-order valence-electron chi connectivity index (χ4n) is 2.51. The number of esters is 1. The average Bonchev–Trinajstić information content (AvgIpc) is 2.64. The van der Waals surface area contributed by atoms with Crippen LogP contribution in [0.5, 0.6) is 0 Å². The quantitative estimate of drug-likeness (QED) is 0.398. The maximum Gasteiger partial charge on any atom is 0.341 e. The Bertz CT molecular complexity index is 970. The van der Waals surface area contributed by atoms with E-state index in [-0.39, 0.29) is 17.7 Å². The number of benzene rings is 1. The van der Waals surface area contributed by atoms with Crippen LogP contribution >= 0.6 is 11.8 Å². The predicted octanol–water partition coefficient (Wildman–Crippen LogP) is 2.74. The maximum atomic E-state index is 12.8. The van der Waals surface area contributed by atoms with Gasteiger partial charge in [0.25, 0.3) is 5.56 Å². The summed E-state index contributed by atoms with van der Waals surface area (Å²) in [6, 6.07) is 9.57. The molecule has 25 heavy (non-hydrogen) atoms. The van der Waals surface area contributed by atoms with Crippen molar-refractivity contribution in [2.24, 2.45) is 0 Å². The smallest absolute Gasteiger partial charge is 0.341 e. The molecule has 0 aliphatic rings. The van der Waals surface area contributed by atoms with Gasteiger partial charge in [0, 0.05) is 12.4 Å². The summed E-state index contributed by atoms with van der Waals surface area (Å²) in [6.45, 7) is 2.34. The Hall–Kier alpha value is -2.67. The first-order valence-electron chi connectivity index (χ1n) is 7.79. The summed E-state index contributed by atoms with van der Waals surface area (Å²) in [7, 11) is 0. The third-order valence-corrected chi connectivity index (χ3v) is 4.23. The summed E-state index contributed by atoms with van der Waals surface area (Å²) in [5.74, 6) is -0.500. The van der Waals surface area contributed by atoms with Crippen LogP contribution in [-0.4, -0.2) is 33.4 Å². The molecule has 0 aliphatic carbocycles. The number of ether oxygens (including phenoxy) is 1. The minimum Gasteiger partial charge on any atom is -0.462 e. The van der Waals surface area contributed by atoms with Crippen LogP contribution in [0.1, 0.15) is 22.8 Å². The Morgan fingerprint density at radius 3 is 2.72 bits per heavy atom. The SMILES string of the molecule is CCOC(=O)c1cn(Cc2ccccc2)c(=O)c2cnc(SC)nc12. The largest absolute Gasteiger partial charge is 0.462 e. The van der Waals surface area contributed by atoms with Gasteiger partial charge in [-0.25, -0.2) is 14.8 Å². The summed E-state index contributed by atoms with van der Waals surface area (Å²) in [5.41, 5.74) is 1.32. The van der Waals surface area contributed by atoms with Gasteiger partial charge in [0.05, 0.1) is 24.1 Å². The van der Waals surface area contributed by atoms with Crippen molar-refractivity contribution >= 4 is 28.6 Å². The third-order valence-electron chi connectivity index (χ3n) is 3.67. The lowest BCUT2D eigenvalue weighted by Gasteiger charge is -2.11. The first-order valence-corrected chi connectivity index (χ1v) is 9.01. The number of hydrogen-bond donors (Lipinski definition) is 0. The van der Waals surface area contributed by atoms with Crippen LogP contribution in [-0.2, 0) is 11.3 Å². The highest BCUT2D eigenvalue weighted by Crippen LogP contribution is 2.18. The van der Waals surface area contributed by atoms with Gasteiger partial charge in [-0.2, -0.15) is 0 Å². The Balaban J connectivity index is 2.20. The monoisotopic (exact) mass is 355 g/mol.